The summed E-state index contributed by atoms with van der Waals surface area (Å²) in [5.74, 6) is 1.85. The maximum absolute atomic E-state index is 13.5. The van der Waals surface area contributed by atoms with E-state index in [0.29, 0.717) is 48.0 Å². The highest BCUT2D eigenvalue weighted by Gasteiger charge is 2.27. The van der Waals surface area contributed by atoms with E-state index >= 15 is 0 Å². The molecule has 0 amide bonds. The lowest BCUT2D eigenvalue weighted by molar-refractivity contribution is 0.341. The Morgan fingerprint density at radius 1 is 1.15 bits per heavy atom. The Balaban J connectivity index is 1.84. The Morgan fingerprint density at radius 2 is 1.94 bits per heavy atom. The van der Waals surface area contributed by atoms with Crippen LogP contribution in [0.15, 0.2) is 23.1 Å². The van der Waals surface area contributed by atoms with Crippen molar-refractivity contribution in [3.63, 3.8) is 0 Å². The number of nitrogens with one attached hydrogen (secondary N) is 1. The molecule has 184 valence electrons. The van der Waals surface area contributed by atoms with E-state index in [9.17, 15) is 8.42 Å². The quantitative estimate of drug-likeness (QED) is 0.493. The van der Waals surface area contributed by atoms with E-state index in [1.165, 1.54) is 0 Å². The topological polar surface area (TPSA) is 95.8 Å². The summed E-state index contributed by atoms with van der Waals surface area (Å²) in [4.78, 5) is 11.6. The first-order chi connectivity index (χ1) is 16.3. The van der Waals surface area contributed by atoms with Gasteiger partial charge in [-0.15, -0.1) is 0 Å². The molecule has 1 N–H and O–H groups in total. The number of H-pyrrole nitrogens is 1. The molecule has 1 saturated heterocycles. The van der Waals surface area contributed by atoms with Gasteiger partial charge in [0.2, 0.25) is 10.0 Å². The fraction of sp³-hybridized carbons (Fsp3) is 0.522. The molecule has 3 heterocycles. The third kappa shape index (κ3) is 4.74. The van der Waals surface area contributed by atoms with Crippen LogP contribution >= 0.6 is 12.2 Å². The highest BCUT2D eigenvalue weighted by atomic mass is 32.2. The molecule has 0 spiro atoms. The zero-order chi connectivity index (χ0) is 24.5. The summed E-state index contributed by atoms with van der Waals surface area (Å²) in [6.07, 6.45) is 2.50. The van der Waals surface area contributed by atoms with E-state index in [0.717, 1.165) is 42.8 Å². The van der Waals surface area contributed by atoms with Crippen molar-refractivity contribution in [2.24, 2.45) is 0 Å². The Labute approximate surface area is 205 Å². The lowest BCUT2D eigenvalue weighted by Gasteiger charge is -2.21. The number of hydrogen-bond donors (Lipinski definition) is 1. The van der Waals surface area contributed by atoms with E-state index in [1.807, 2.05) is 25.4 Å². The molecule has 1 aromatic carbocycles. The second-order valence-corrected chi connectivity index (χ2v) is 10.9. The fourth-order valence-electron chi connectivity index (χ4n) is 4.30. The Morgan fingerprint density at radius 3 is 2.68 bits per heavy atom. The Hall–Kier alpha value is -2.34. The van der Waals surface area contributed by atoms with Crippen LogP contribution in [0.5, 0.6) is 5.75 Å². The van der Waals surface area contributed by atoms with E-state index in [4.69, 9.17) is 17.0 Å². The average Bonchev–Trinajstić information content (AvgIpc) is 2.96. The summed E-state index contributed by atoms with van der Waals surface area (Å²) >= 11 is 5.60. The van der Waals surface area contributed by atoms with Gasteiger partial charge in [-0.1, -0.05) is 19.1 Å². The van der Waals surface area contributed by atoms with Crippen LogP contribution in [0.1, 0.15) is 38.2 Å². The predicted octanol–water partition coefficient (Wildman–Crippen LogP) is 3.44. The van der Waals surface area contributed by atoms with E-state index in [1.54, 1.807) is 22.5 Å². The lowest BCUT2D eigenvalue weighted by atomic mass is 10.2. The van der Waals surface area contributed by atoms with Gasteiger partial charge in [0.25, 0.3) is 0 Å². The number of aryl methyl sites for hydroxylation is 2. The molecule has 0 aliphatic carbocycles. The van der Waals surface area contributed by atoms with Crippen LogP contribution < -0.4 is 4.74 Å². The summed E-state index contributed by atoms with van der Waals surface area (Å²) in [6, 6.07) is 4.94. The van der Waals surface area contributed by atoms with Crippen LogP contribution in [0.2, 0.25) is 0 Å². The van der Waals surface area contributed by atoms with Gasteiger partial charge in [0.1, 0.15) is 17.1 Å². The smallest absolute Gasteiger partial charge is 0.243 e. The van der Waals surface area contributed by atoms with Gasteiger partial charge in [0, 0.05) is 26.1 Å². The first-order valence-corrected chi connectivity index (χ1v) is 13.5. The predicted molar refractivity (Wildman–Crippen MR) is 134 cm³/mol. The standard InChI is InChI=1S/C23H32N6O3S2/c1-5-8-20-24-16(3)21-23(33)25-22(26-29(20)21)18-15-17(9-10-19(18)32-6-2)34(30,31)28-12-7-11-27(4)13-14-28/h9-10,15H,5-8,11-14H2,1-4H3,(H,25,26,33). The second-order valence-electron chi connectivity index (χ2n) is 8.58. The lowest BCUT2D eigenvalue weighted by Crippen LogP contribution is -2.34. The minimum Gasteiger partial charge on any atom is -0.493 e. The van der Waals surface area contributed by atoms with Crippen molar-refractivity contribution in [1.82, 2.24) is 28.8 Å². The highest BCUT2D eigenvalue weighted by Crippen LogP contribution is 2.32. The molecule has 4 rings (SSSR count). The number of sulfonamides is 1. The van der Waals surface area contributed by atoms with Crippen molar-refractivity contribution in [3.05, 3.63) is 34.4 Å². The summed E-state index contributed by atoms with van der Waals surface area (Å²) in [5.41, 5.74) is 2.13. The van der Waals surface area contributed by atoms with Gasteiger partial charge in [0.15, 0.2) is 10.5 Å². The number of imidazole rings is 1. The van der Waals surface area contributed by atoms with Crippen LogP contribution in [-0.2, 0) is 16.4 Å². The average molecular weight is 505 g/mol. The number of aromatic amines is 1. The van der Waals surface area contributed by atoms with Gasteiger partial charge < -0.3 is 9.64 Å². The first-order valence-electron chi connectivity index (χ1n) is 11.7. The van der Waals surface area contributed by atoms with Gasteiger partial charge >= 0.3 is 0 Å². The number of rotatable bonds is 7. The van der Waals surface area contributed by atoms with Crippen LogP contribution in [0, 0.1) is 11.6 Å². The van der Waals surface area contributed by atoms with Gasteiger partial charge in [0.05, 0.1) is 22.8 Å². The molecule has 1 aliphatic rings. The van der Waals surface area contributed by atoms with Crippen LogP contribution in [-0.4, -0.2) is 77.0 Å². The van der Waals surface area contributed by atoms with Crippen LogP contribution in [0.25, 0.3) is 16.9 Å². The van der Waals surface area contributed by atoms with Gasteiger partial charge in [-0.25, -0.2) is 22.9 Å². The SMILES string of the molecule is CCCc1nc(C)c2c(=S)nc(-c3cc(S(=O)(=O)N4CCCN(C)CC4)ccc3OCC)[nH]n12. The van der Waals surface area contributed by atoms with E-state index < -0.39 is 10.0 Å². The number of nitrogens with zero attached hydrogens (tertiary/aromatic N) is 5. The number of benzene rings is 1. The molecule has 3 aromatic rings. The van der Waals surface area contributed by atoms with Crippen molar-refractivity contribution in [3.8, 4) is 17.1 Å². The Kier molecular flexibility index (Phi) is 7.36. The zero-order valence-corrected chi connectivity index (χ0v) is 21.8. The molecule has 34 heavy (non-hydrogen) atoms. The van der Waals surface area contributed by atoms with Crippen molar-refractivity contribution in [2.45, 2.75) is 44.9 Å². The molecule has 1 fully saturated rings. The summed E-state index contributed by atoms with van der Waals surface area (Å²) in [5, 5.41) is 3.31. The molecule has 2 aromatic heterocycles. The van der Waals surface area contributed by atoms with Gasteiger partial charge in [-0.2, -0.15) is 4.31 Å². The number of fused-ring (bicyclic) bond motifs is 1. The van der Waals surface area contributed by atoms with Crippen molar-refractivity contribution >= 4 is 27.8 Å². The maximum Gasteiger partial charge on any atom is 0.243 e. The highest BCUT2D eigenvalue weighted by molar-refractivity contribution is 7.89. The first kappa shape index (κ1) is 24.8. The van der Waals surface area contributed by atoms with Gasteiger partial charge in [-0.05, 0) is 58.5 Å². The maximum atomic E-state index is 13.5. The van der Waals surface area contributed by atoms with Crippen molar-refractivity contribution in [1.29, 1.82) is 0 Å². The number of ether oxygens (including phenoxy) is 1. The molecule has 0 atom stereocenters. The third-order valence-corrected chi connectivity index (χ3v) is 8.23. The number of hydrogen-bond acceptors (Lipinski definition) is 7. The fourth-order valence-corrected chi connectivity index (χ4v) is 6.13. The largest absolute Gasteiger partial charge is 0.493 e. The second kappa shape index (κ2) is 10.1. The van der Waals surface area contributed by atoms with Crippen molar-refractivity contribution < 1.29 is 13.2 Å². The normalized spacial score (nSPS) is 16.1. The molecule has 0 bridgehead atoms. The van der Waals surface area contributed by atoms with E-state index in [2.05, 4.69) is 26.9 Å². The van der Waals surface area contributed by atoms with Gasteiger partial charge in [-0.3, -0.25) is 5.10 Å². The summed E-state index contributed by atoms with van der Waals surface area (Å²) in [6.45, 7) is 8.87. The number of likely N-dealkylation sites (N-methyl/N-ethyl adjacent to an activating group) is 1. The molecule has 1 aliphatic heterocycles. The minimum atomic E-state index is -3.67. The molecule has 9 nitrogen and oxygen atoms in total. The zero-order valence-electron chi connectivity index (χ0n) is 20.2. The van der Waals surface area contributed by atoms with Crippen LogP contribution in [0.3, 0.4) is 0 Å². The molecule has 0 radical (unpaired) electrons. The third-order valence-electron chi connectivity index (χ3n) is 6.05. The monoisotopic (exact) mass is 504 g/mol. The van der Waals surface area contributed by atoms with Crippen molar-refractivity contribution in [2.75, 3.05) is 39.8 Å². The molecule has 11 heteroatoms. The minimum absolute atomic E-state index is 0.215. The van der Waals surface area contributed by atoms with Crippen LogP contribution in [0.4, 0.5) is 0 Å². The molecule has 0 unspecified atom stereocenters. The Bertz CT molecular complexity index is 1350. The summed E-state index contributed by atoms with van der Waals surface area (Å²) in [7, 11) is -1.66. The number of aromatic nitrogens is 4. The molecular weight excluding hydrogens is 472 g/mol. The summed E-state index contributed by atoms with van der Waals surface area (Å²) < 4.78 is 36.7. The van der Waals surface area contributed by atoms with E-state index in [-0.39, 0.29) is 4.90 Å². The molecular formula is C23H32N6O3S2. The molecule has 0 saturated carbocycles.